The standard InChI is InChI=1S/C26H27N3O2S/c1-16(2)29-22-12-11-18(13-20(22)17(3)15-26(29,4)5)14-21-23(30)27-25(32)28(24(21)31)19-9-7-6-8-10-19/h6-16H,1-5H3,(H,27,30,32)/b21-14+. The number of carbonyl (C=O) groups excluding carboxylic acids is 2. The lowest BCUT2D eigenvalue weighted by molar-refractivity contribution is -0.122. The van der Waals surface area contributed by atoms with Crippen LogP contribution in [0.3, 0.4) is 0 Å². The van der Waals surface area contributed by atoms with Gasteiger partial charge in [0.15, 0.2) is 5.11 Å². The Morgan fingerprint density at radius 1 is 1.06 bits per heavy atom. The van der Waals surface area contributed by atoms with Crippen molar-refractivity contribution < 1.29 is 9.59 Å². The van der Waals surface area contributed by atoms with Gasteiger partial charge in [-0.15, -0.1) is 0 Å². The number of amides is 2. The van der Waals surface area contributed by atoms with Crippen LogP contribution in [0.15, 0.2) is 60.2 Å². The van der Waals surface area contributed by atoms with E-state index in [4.69, 9.17) is 12.2 Å². The lowest BCUT2D eigenvalue weighted by Crippen LogP contribution is -2.54. The average molecular weight is 446 g/mol. The van der Waals surface area contributed by atoms with Gasteiger partial charge in [-0.1, -0.05) is 30.3 Å². The summed E-state index contributed by atoms with van der Waals surface area (Å²) in [7, 11) is 0. The van der Waals surface area contributed by atoms with Crippen LogP contribution in [0.2, 0.25) is 0 Å². The van der Waals surface area contributed by atoms with Crippen molar-refractivity contribution in [1.82, 2.24) is 5.32 Å². The highest BCUT2D eigenvalue weighted by Crippen LogP contribution is 2.40. The fraction of sp³-hybridized carbons (Fsp3) is 0.269. The minimum absolute atomic E-state index is 0.0564. The number of nitrogens with zero attached hydrogens (tertiary/aromatic N) is 2. The predicted molar refractivity (Wildman–Crippen MR) is 134 cm³/mol. The molecule has 4 rings (SSSR count). The minimum atomic E-state index is -0.484. The summed E-state index contributed by atoms with van der Waals surface area (Å²) < 4.78 is 0. The van der Waals surface area contributed by atoms with Gasteiger partial charge in [0.05, 0.1) is 11.2 Å². The molecule has 0 aliphatic carbocycles. The van der Waals surface area contributed by atoms with Crippen LogP contribution in [0.1, 0.15) is 45.7 Å². The summed E-state index contributed by atoms with van der Waals surface area (Å²) in [4.78, 5) is 29.6. The fourth-order valence-electron chi connectivity index (χ4n) is 4.74. The van der Waals surface area contributed by atoms with Crippen molar-refractivity contribution in [2.45, 2.75) is 46.2 Å². The highest BCUT2D eigenvalue weighted by Gasteiger charge is 2.35. The van der Waals surface area contributed by atoms with E-state index in [2.05, 4.69) is 57.0 Å². The largest absolute Gasteiger partial charge is 0.360 e. The monoisotopic (exact) mass is 445 g/mol. The average Bonchev–Trinajstić information content (AvgIpc) is 2.71. The molecule has 5 nitrogen and oxygen atoms in total. The molecule has 2 amide bonds. The zero-order valence-corrected chi connectivity index (χ0v) is 19.8. The number of fused-ring (bicyclic) bond motifs is 1. The SMILES string of the molecule is CC1=CC(C)(C)N(C(C)C)c2ccc(/C=C3\C(=O)NC(=S)N(c4ccccc4)C3=O)cc21. The van der Waals surface area contributed by atoms with Gasteiger partial charge in [-0.2, -0.15) is 0 Å². The van der Waals surface area contributed by atoms with Crippen molar-refractivity contribution in [3.8, 4) is 0 Å². The van der Waals surface area contributed by atoms with Gasteiger partial charge in [-0.25, -0.2) is 0 Å². The van der Waals surface area contributed by atoms with E-state index >= 15 is 0 Å². The number of nitrogens with one attached hydrogen (secondary N) is 1. The van der Waals surface area contributed by atoms with E-state index in [9.17, 15) is 9.59 Å². The number of anilines is 2. The van der Waals surface area contributed by atoms with Crippen LogP contribution in [0.5, 0.6) is 0 Å². The van der Waals surface area contributed by atoms with E-state index in [0.29, 0.717) is 11.7 Å². The van der Waals surface area contributed by atoms with Gasteiger partial charge in [0, 0.05) is 17.3 Å². The summed E-state index contributed by atoms with van der Waals surface area (Å²) in [6.45, 7) is 10.9. The summed E-state index contributed by atoms with van der Waals surface area (Å²) in [5.41, 5.74) is 4.79. The van der Waals surface area contributed by atoms with Crippen LogP contribution in [-0.2, 0) is 9.59 Å². The maximum atomic E-state index is 13.2. The summed E-state index contributed by atoms with van der Waals surface area (Å²) >= 11 is 5.27. The van der Waals surface area contributed by atoms with E-state index in [0.717, 1.165) is 16.8 Å². The second-order valence-corrected chi connectivity index (χ2v) is 9.40. The lowest BCUT2D eigenvalue weighted by atomic mass is 9.86. The van der Waals surface area contributed by atoms with Gasteiger partial charge in [-0.3, -0.25) is 19.8 Å². The molecule has 2 aromatic carbocycles. The number of carbonyl (C=O) groups is 2. The maximum Gasteiger partial charge on any atom is 0.270 e. The van der Waals surface area contributed by atoms with Gasteiger partial charge in [-0.05, 0) is 88.3 Å². The topological polar surface area (TPSA) is 52.7 Å². The molecule has 0 saturated carbocycles. The highest BCUT2D eigenvalue weighted by molar-refractivity contribution is 7.80. The first-order chi connectivity index (χ1) is 15.1. The number of para-hydroxylation sites is 1. The molecule has 6 heteroatoms. The number of hydrogen-bond donors (Lipinski definition) is 1. The Bertz CT molecular complexity index is 1180. The summed E-state index contributed by atoms with van der Waals surface area (Å²) in [6.07, 6.45) is 3.91. The molecule has 2 heterocycles. The molecule has 2 aliphatic rings. The molecule has 0 unspecified atom stereocenters. The van der Waals surface area contributed by atoms with E-state index in [-0.39, 0.29) is 16.2 Å². The second-order valence-electron chi connectivity index (χ2n) is 9.01. The minimum Gasteiger partial charge on any atom is -0.360 e. The van der Waals surface area contributed by atoms with Crippen molar-refractivity contribution in [3.63, 3.8) is 0 Å². The van der Waals surface area contributed by atoms with Crippen molar-refractivity contribution in [2.24, 2.45) is 0 Å². The van der Waals surface area contributed by atoms with Gasteiger partial charge < -0.3 is 4.90 Å². The molecule has 32 heavy (non-hydrogen) atoms. The molecule has 2 aliphatic heterocycles. The van der Waals surface area contributed by atoms with E-state index in [1.54, 1.807) is 18.2 Å². The lowest BCUT2D eigenvalue weighted by Gasteiger charge is -2.46. The van der Waals surface area contributed by atoms with Crippen LogP contribution in [0, 0.1) is 0 Å². The molecule has 164 valence electrons. The Morgan fingerprint density at radius 3 is 2.41 bits per heavy atom. The number of hydrogen-bond acceptors (Lipinski definition) is 4. The Balaban J connectivity index is 1.76. The Morgan fingerprint density at radius 2 is 1.75 bits per heavy atom. The maximum absolute atomic E-state index is 13.2. The van der Waals surface area contributed by atoms with Crippen LogP contribution in [0.25, 0.3) is 11.6 Å². The van der Waals surface area contributed by atoms with Crippen molar-refractivity contribution >= 4 is 52.2 Å². The number of rotatable bonds is 3. The van der Waals surface area contributed by atoms with Crippen molar-refractivity contribution in [3.05, 3.63) is 71.3 Å². The molecular weight excluding hydrogens is 418 g/mol. The van der Waals surface area contributed by atoms with Crippen molar-refractivity contribution in [2.75, 3.05) is 9.80 Å². The molecule has 0 aromatic heterocycles. The first-order valence-electron chi connectivity index (χ1n) is 10.7. The van der Waals surface area contributed by atoms with E-state index < -0.39 is 11.8 Å². The molecule has 0 spiro atoms. The number of thiocarbonyl (C=S) groups is 1. The number of benzene rings is 2. The normalized spacial score (nSPS) is 19.2. The molecule has 0 radical (unpaired) electrons. The fourth-order valence-corrected chi connectivity index (χ4v) is 5.02. The zero-order valence-electron chi connectivity index (χ0n) is 19.0. The third-order valence-electron chi connectivity index (χ3n) is 5.84. The van der Waals surface area contributed by atoms with Crippen LogP contribution in [-0.4, -0.2) is 28.5 Å². The molecule has 1 saturated heterocycles. The van der Waals surface area contributed by atoms with Gasteiger partial charge in [0.1, 0.15) is 5.57 Å². The molecule has 1 fully saturated rings. The Kier molecular flexibility index (Phi) is 5.51. The van der Waals surface area contributed by atoms with Crippen LogP contribution in [0.4, 0.5) is 11.4 Å². The molecular formula is C26H27N3O2S. The van der Waals surface area contributed by atoms with Crippen LogP contribution >= 0.6 is 12.2 Å². The van der Waals surface area contributed by atoms with E-state index in [1.165, 1.54) is 10.5 Å². The van der Waals surface area contributed by atoms with Gasteiger partial charge in [0.2, 0.25) is 0 Å². The second kappa shape index (κ2) is 8.02. The summed E-state index contributed by atoms with van der Waals surface area (Å²) in [5.74, 6) is -0.915. The summed E-state index contributed by atoms with van der Waals surface area (Å²) in [6, 6.07) is 15.5. The number of allylic oxidation sites excluding steroid dienone is 1. The Labute approximate surface area is 194 Å². The van der Waals surface area contributed by atoms with Gasteiger partial charge in [0.25, 0.3) is 11.8 Å². The molecule has 1 N–H and O–H groups in total. The first-order valence-corrected chi connectivity index (χ1v) is 11.1. The summed E-state index contributed by atoms with van der Waals surface area (Å²) in [5, 5.41) is 2.73. The molecule has 0 atom stereocenters. The quantitative estimate of drug-likeness (QED) is 0.414. The zero-order chi connectivity index (χ0) is 23.2. The third kappa shape index (κ3) is 3.75. The molecule has 2 aromatic rings. The first kappa shape index (κ1) is 22.0. The highest BCUT2D eigenvalue weighted by atomic mass is 32.1. The third-order valence-corrected chi connectivity index (χ3v) is 6.12. The molecule has 0 bridgehead atoms. The van der Waals surface area contributed by atoms with Crippen LogP contribution < -0.4 is 15.1 Å². The predicted octanol–water partition coefficient (Wildman–Crippen LogP) is 4.93. The van der Waals surface area contributed by atoms with E-state index in [1.807, 2.05) is 30.3 Å². The van der Waals surface area contributed by atoms with Gasteiger partial charge >= 0.3 is 0 Å². The van der Waals surface area contributed by atoms with Crippen molar-refractivity contribution in [1.29, 1.82) is 0 Å². The smallest absolute Gasteiger partial charge is 0.270 e. The Hall–Kier alpha value is -3.25.